The average Bonchev–Trinajstić information content (AvgIpc) is 2.42. The lowest BCUT2D eigenvalue weighted by Crippen LogP contribution is -2.27. The van der Waals surface area contributed by atoms with Crippen LogP contribution in [0.3, 0.4) is 0 Å². The van der Waals surface area contributed by atoms with E-state index in [0.717, 1.165) is 12.1 Å². The number of carbonyl (C=O) groups is 1. The van der Waals surface area contributed by atoms with Crippen molar-refractivity contribution in [2.24, 2.45) is 0 Å². The van der Waals surface area contributed by atoms with Crippen LogP contribution in [0.2, 0.25) is 0 Å². The highest BCUT2D eigenvalue weighted by Crippen LogP contribution is 2.16. The largest absolute Gasteiger partial charge is 0.478 e. The van der Waals surface area contributed by atoms with Crippen LogP contribution in [-0.4, -0.2) is 49.3 Å². The smallest absolute Gasteiger partial charge is 0.335 e. The summed E-state index contributed by atoms with van der Waals surface area (Å²) in [5, 5.41) is 17.3. The molecule has 0 aliphatic heterocycles. The van der Waals surface area contributed by atoms with Crippen LogP contribution in [0, 0.1) is 5.82 Å². The molecular weight excluding hydrogens is 321 g/mol. The zero-order valence-corrected chi connectivity index (χ0v) is 12.7. The van der Waals surface area contributed by atoms with Crippen molar-refractivity contribution in [1.82, 2.24) is 4.72 Å². The van der Waals surface area contributed by atoms with Gasteiger partial charge in [0.15, 0.2) is 0 Å². The highest BCUT2D eigenvalue weighted by atomic mass is 32.2. The van der Waals surface area contributed by atoms with Crippen LogP contribution in [0.4, 0.5) is 4.39 Å². The van der Waals surface area contributed by atoms with Crippen LogP contribution >= 0.6 is 11.8 Å². The number of thioether (sulfide) groups is 1. The molecule has 6 nitrogen and oxygen atoms in total. The number of hydrogen-bond acceptors (Lipinski definition) is 5. The number of aliphatic hydroxyl groups is 1. The number of benzene rings is 1. The Morgan fingerprint density at radius 2 is 2.05 bits per heavy atom. The van der Waals surface area contributed by atoms with Crippen LogP contribution in [0.1, 0.15) is 16.8 Å². The summed E-state index contributed by atoms with van der Waals surface area (Å²) in [4.78, 5) is 10.1. The Bertz CT molecular complexity index is 591. The molecular formula is C12H16FNO5S2. The maximum absolute atomic E-state index is 13.7. The minimum absolute atomic E-state index is 0.0832. The highest BCUT2D eigenvalue weighted by molar-refractivity contribution is 7.99. The van der Waals surface area contributed by atoms with Crippen molar-refractivity contribution in [1.29, 1.82) is 0 Å². The normalized spacial score (nSPS) is 11.5. The fraction of sp³-hybridized carbons (Fsp3) is 0.417. The van der Waals surface area contributed by atoms with E-state index in [1.54, 1.807) is 0 Å². The first-order valence-electron chi connectivity index (χ1n) is 6.09. The van der Waals surface area contributed by atoms with Crippen LogP contribution in [0.25, 0.3) is 0 Å². The molecule has 118 valence electrons. The number of hydrogen-bond donors (Lipinski definition) is 3. The van der Waals surface area contributed by atoms with Crippen molar-refractivity contribution in [3.63, 3.8) is 0 Å². The van der Waals surface area contributed by atoms with Crippen LogP contribution in [0.15, 0.2) is 23.1 Å². The van der Waals surface area contributed by atoms with E-state index >= 15 is 0 Å². The third-order valence-electron chi connectivity index (χ3n) is 2.45. The Kier molecular flexibility index (Phi) is 7.09. The lowest BCUT2D eigenvalue weighted by atomic mass is 10.2. The Balaban J connectivity index is 2.64. The van der Waals surface area contributed by atoms with Gasteiger partial charge in [-0.25, -0.2) is 22.3 Å². The second-order valence-corrected chi connectivity index (χ2v) is 7.00. The van der Waals surface area contributed by atoms with Crippen molar-refractivity contribution in [3.05, 3.63) is 29.6 Å². The number of rotatable bonds is 9. The summed E-state index contributed by atoms with van der Waals surface area (Å²) < 4.78 is 39.7. The summed E-state index contributed by atoms with van der Waals surface area (Å²) in [5.74, 6) is -1.23. The first kappa shape index (κ1) is 17.9. The number of aromatic carboxylic acids is 1. The number of carboxylic acid groups (broad SMARTS) is 1. The van der Waals surface area contributed by atoms with Crippen molar-refractivity contribution in [3.8, 4) is 0 Å². The van der Waals surface area contributed by atoms with Gasteiger partial charge in [0.25, 0.3) is 0 Å². The zero-order chi connectivity index (χ0) is 15.9. The molecule has 1 rings (SSSR count). The molecule has 0 saturated carbocycles. The van der Waals surface area contributed by atoms with E-state index in [2.05, 4.69) is 4.72 Å². The van der Waals surface area contributed by atoms with E-state index in [0.29, 0.717) is 24.0 Å². The maximum Gasteiger partial charge on any atom is 0.335 e. The lowest BCUT2D eigenvalue weighted by Gasteiger charge is -2.08. The van der Waals surface area contributed by atoms with Gasteiger partial charge < -0.3 is 10.2 Å². The molecule has 0 unspecified atom stereocenters. The molecule has 1 aromatic rings. The van der Waals surface area contributed by atoms with Gasteiger partial charge in [-0.3, -0.25) is 0 Å². The quantitative estimate of drug-likeness (QED) is 0.579. The Morgan fingerprint density at radius 3 is 2.62 bits per heavy atom. The first-order valence-corrected chi connectivity index (χ1v) is 8.73. The van der Waals surface area contributed by atoms with E-state index in [1.807, 2.05) is 0 Å². The second kappa shape index (κ2) is 8.32. The van der Waals surface area contributed by atoms with Crippen LogP contribution in [-0.2, 0) is 10.0 Å². The molecule has 0 aliphatic rings. The fourth-order valence-corrected chi connectivity index (χ4v) is 3.45. The number of aliphatic hydroxyl groups excluding tert-OH is 1. The molecule has 21 heavy (non-hydrogen) atoms. The molecule has 0 radical (unpaired) electrons. The molecule has 0 aliphatic carbocycles. The summed E-state index contributed by atoms with van der Waals surface area (Å²) in [7, 11) is -4.01. The van der Waals surface area contributed by atoms with Gasteiger partial charge >= 0.3 is 5.97 Å². The zero-order valence-electron chi connectivity index (χ0n) is 11.1. The minimum Gasteiger partial charge on any atom is -0.478 e. The van der Waals surface area contributed by atoms with Crippen LogP contribution in [0.5, 0.6) is 0 Å². The van der Waals surface area contributed by atoms with Gasteiger partial charge in [-0.15, -0.1) is 0 Å². The topological polar surface area (TPSA) is 104 Å². The number of sulfonamides is 1. The van der Waals surface area contributed by atoms with Crippen molar-refractivity contribution in [2.45, 2.75) is 11.3 Å². The molecule has 0 heterocycles. The van der Waals surface area contributed by atoms with Crippen molar-refractivity contribution < 1.29 is 27.8 Å². The van der Waals surface area contributed by atoms with Crippen molar-refractivity contribution in [2.75, 3.05) is 24.7 Å². The molecule has 0 bridgehead atoms. The van der Waals surface area contributed by atoms with Gasteiger partial charge in [0.1, 0.15) is 10.7 Å². The Hall–Kier alpha value is -1.16. The number of halogens is 1. The molecule has 0 aromatic heterocycles. The predicted molar refractivity (Wildman–Crippen MR) is 77.6 cm³/mol. The molecule has 9 heteroatoms. The van der Waals surface area contributed by atoms with Crippen molar-refractivity contribution >= 4 is 27.8 Å². The predicted octanol–water partition coefficient (Wildman–Crippen LogP) is 0.918. The standard InChI is InChI=1S/C12H16FNO5S2/c13-10-8-9(12(16)17)2-3-11(10)21(18,19)14-4-7-20-6-1-5-15/h2-3,8,14-15H,1,4-7H2,(H,16,17). The molecule has 0 spiro atoms. The van der Waals surface area contributed by atoms with Gasteiger partial charge in [-0.2, -0.15) is 11.8 Å². The maximum atomic E-state index is 13.7. The fourth-order valence-electron chi connectivity index (χ4n) is 1.45. The summed E-state index contributed by atoms with van der Waals surface area (Å²) in [6, 6.07) is 2.64. The van der Waals surface area contributed by atoms with E-state index in [9.17, 15) is 17.6 Å². The van der Waals surface area contributed by atoms with E-state index in [-0.39, 0.29) is 18.7 Å². The summed E-state index contributed by atoms with van der Waals surface area (Å²) >= 11 is 1.47. The van der Waals surface area contributed by atoms with Gasteiger partial charge in [0, 0.05) is 18.9 Å². The summed E-state index contributed by atoms with van der Waals surface area (Å²) in [6.45, 7) is 0.207. The molecule has 0 saturated heterocycles. The monoisotopic (exact) mass is 337 g/mol. The highest BCUT2D eigenvalue weighted by Gasteiger charge is 2.19. The van der Waals surface area contributed by atoms with E-state index < -0.39 is 26.7 Å². The molecule has 0 amide bonds. The molecule has 0 fully saturated rings. The Labute approximate surface area is 126 Å². The van der Waals surface area contributed by atoms with E-state index in [4.69, 9.17) is 10.2 Å². The Morgan fingerprint density at radius 1 is 1.33 bits per heavy atom. The van der Waals surface area contributed by atoms with E-state index in [1.165, 1.54) is 11.8 Å². The minimum atomic E-state index is -4.01. The summed E-state index contributed by atoms with van der Waals surface area (Å²) in [5.41, 5.74) is -0.314. The van der Waals surface area contributed by atoms with Gasteiger partial charge in [-0.05, 0) is 30.4 Å². The van der Waals surface area contributed by atoms with Gasteiger partial charge in [0.2, 0.25) is 10.0 Å². The number of nitrogens with one attached hydrogen (secondary N) is 1. The SMILES string of the molecule is O=C(O)c1ccc(S(=O)(=O)NCCSCCCO)c(F)c1. The molecule has 0 atom stereocenters. The third-order valence-corrected chi connectivity index (χ3v) is 5.02. The number of carboxylic acids is 1. The third kappa shape index (κ3) is 5.62. The first-order chi connectivity index (χ1) is 9.88. The van der Waals surface area contributed by atoms with Gasteiger partial charge in [-0.1, -0.05) is 0 Å². The molecule has 3 N–H and O–H groups in total. The average molecular weight is 337 g/mol. The summed E-state index contributed by atoms with van der Waals surface area (Å²) in [6.07, 6.45) is 0.628. The van der Waals surface area contributed by atoms with Gasteiger partial charge in [0.05, 0.1) is 5.56 Å². The van der Waals surface area contributed by atoms with Crippen LogP contribution < -0.4 is 4.72 Å². The lowest BCUT2D eigenvalue weighted by molar-refractivity contribution is 0.0696. The molecule has 1 aromatic carbocycles. The second-order valence-electron chi connectivity index (χ2n) is 4.04.